The second kappa shape index (κ2) is 6.25. The molecule has 6 heteroatoms. The quantitative estimate of drug-likeness (QED) is 0.868. The van der Waals surface area contributed by atoms with Gasteiger partial charge in [-0.3, -0.25) is 4.98 Å². The Morgan fingerprint density at radius 1 is 1.41 bits per heavy atom. The van der Waals surface area contributed by atoms with Gasteiger partial charge in [0.1, 0.15) is 18.2 Å². The van der Waals surface area contributed by atoms with Crippen molar-refractivity contribution in [3.63, 3.8) is 0 Å². The Balaban J connectivity index is 1.72. The molecule has 0 spiro atoms. The fourth-order valence-electron chi connectivity index (χ4n) is 2.65. The predicted octanol–water partition coefficient (Wildman–Crippen LogP) is 2.54. The number of nitrogens with zero attached hydrogens (tertiary/aromatic N) is 4. The molecule has 0 radical (unpaired) electrons. The number of halogens is 1. The topological polar surface area (TPSA) is 51.1 Å². The maximum Gasteiger partial charge on any atom is 0.187 e. The molecule has 0 aromatic carbocycles. The van der Waals surface area contributed by atoms with Gasteiger partial charge >= 0.3 is 0 Å². The van der Waals surface area contributed by atoms with Crippen molar-refractivity contribution < 1.29 is 9.13 Å². The minimum Gasteiger partial charge on any atom is -0.488 e. The second-order valence-electron chi connectivity index (χ2n) is 5.43. The first-order chi connectivity index (χ1) is 10.7. The highest BCUT2D eigenvalue weighted by Gasteiger charge is 2.28. The molecule has 5 nitrogen and oxygen atoms in total. The molecule has 0 bridgehead atoms. The highest BCUT2D eigenvalue weighted by Crippen LogP contribution is 2.26. The summed E-state index contributed by atoms with van der Waals surface area (Å²) in [4.78, 5) is 14.1. The molecule has 1 aliphatic rings. The van der Waals surface area contributed by atoms with E-state index >= 15 is 0 Å². The Kier molecular flexibility index (Phi) is 4.18. The van der Waals surface area contributed by atoms with Crippen LogP contribution in [0.3, 0.4) is 0 Å². The predicted molar refractivity (Wildman–Crippen MR) is 81.6 cm³/mol. The lowest BCUT2D eigenvalue weighted by Crippen LogP contribution is -2.26. The van der Waals surface area contributed by atoms with Crippen molar-refractivity contribution in [3.8, 4) is 5.75 Å². The summed E-state index contributed by atoms with van der Waals surface area (Å²) >= 11 is 0. The van der Waals surface area contributed by atoms with E-state index in [1.807, 2.05) is 24.8 Å². The van der Waals surface area contributed by atoms with E-state index in [1.165, 1.54) is 6.33 Å². The van der Waals surface area contributed by atoms with Crippen LogP contribution in [0.2, 0.25) is 0 Å². The van der Waals surface area contributed by atoms with E-state index in [4.69, 9.17) is 4.74 Å². The lowest BCUT2D eigenvalue weighted by atomic mass is 10.2. The van der Waals surface area contributed by atoms with Crippen molar-refractivity contribution in [2.45, 2.75) is 32.8 Å². The van der Waals surface area contributed by atoms with Gasteiger partial charge < -0.3 is 9.64 Å². The van der Waals surface area contributed by atoms with Gasteiger partial charge in [0, 0.05) is 30.9 Å². The number of hydrogen-bond acceptors (Lipinski definition) is 5. The number of rotatable bonds is 4. The lowest BCUT2D eigenvalue weighted by molar-refractivity contribution is 0.223. The third-order valence-corrected chi connectivity index (χ3v) is 3.89. The van der Waals surface area contributed by atoms with E-state index in [9.17, 15) is 4.39 Å². The number of pyridine rings is 1. The van der Waals surface area contributed by atoms with Crippen LogP contribution in [0.15, 0.2) is 24.8 Å². The number of aromatic nitrogens is 3. The molecular weight excluding hydrogens is 283 g/mol. The van der Waals surface area contributed by atoms with Gasteiger partial charge in [-0.2, -0.15) is 0 Å². The zero-order valence-corrected chi connectivity index (χ0v) is 12.8. The molecule has 0 N–H and O–H groups in total. The molecule has 0 saturated carbocycles. The first-order valence-corrected chi connectivity index (χ1v) is 7.50. The van der Waals surface area contributed by atoms with Gasteiger partial charge in [0.15, 0.2) is 11.6 Å². The smallest absolute Gasteiger partial charge is 0.187 e. The summed E-state index contributed by atoms with van der Waals surface area (Å²) in [7, 11) is 0. The molecule has 1 unspecified atom stereocenters. The van der Waals surface area contributed by atoms with E-state index in [-0.39, 0.29) is 11.9 Å². The number of aryl methyl sites for hydroxylation is 2. The number of anilines is 1. The van der Waals surface area contributed by atoms with Gasteiger partial charge in [0.05, 0.1) is 12.2 Å². The van der Waals surface area contributed by atoms with E-state index in [1.54, 1.807) is 12.4 Å². The van der Waals surface area contributed by atoms with Gasteiger partial charge in [-0.25, -0.2) is 14.4 Å². The van der Waals surface area contributed by atoms with Crippen LogP contribution in [-0.2, 0) is 6.42 Å². The van der Waals surface area contributed by atoms with Gasteiger partial charge in [-0.1, -0.05) is 6.92 Å². The fraction of sp³-hybridized carbons (Fsp3) is 0.438. The molecule has 1 fully saturated rings. The van der Waals surface area contributed by atoms with Crippen LogP contribution in [0, 0.1) is 12.7 Å². The standard InChI is InChI=1S/C16H19FN4O/c1-3-13-15(17)16(20-10-19-13)21-7-5-12(9-21)22-14-4-6-18-8-11(14)2/h4,6,8,10,12H,3,5,7,9H2,1-2H3. The highest BCUT2D eigenvalue weighted by atomic mass is 19.1. The van der Waals surface area contributed by atoms with Gasteiger partial charge in [0.2, 0.25) is 0 Å². The maximum absolute atomic E-state index is 14.3. The molecule has 2 aromatic rings. The molecule has 3 rings (SSSR count). The van der Waals surface area contributed by atoms with E-state index in [0.717, 1.165) is 24.3 Å². The summed E-state index contributed by atoms with van der Waals surface area (Å²) < 4.78 is 20.3. The summed E-state index contributed by atoms with van der Waals surface area (Å²) in [5.41, 5.74) is 1.46. The van der Waals surface area contributed by atoms with E-state index < -0.39 is 0 Å². The summed E-state index contributed by atoms with van der Waals surface area (Å²) in [6, 6.07) is 1.86. The second-order valence-corrected chi connectivity index (χ2v) is 5.43. The first kappa shape index (κ1) is 14.7. The van der Waals surface area contributed by atoms with Crippen LogP contribution < -0.4 is 9.64 Å². The molecule has 116 valence electrons. The first-order valence-electron chi connectivity index (χ1n) is 7.50. The lowest BCUT2D eigenvalue weighted by Gasteiger charge is -2.19. The van der Waals surface area contributed by atoms with Gasteiger partial charge in [-0.15, -0.1) is 0 Å². The average molecular weight is 302 g/mol. The SMILES string of the molecule is CCc1ncnc(N2CCC(Oc3ccncc3C)C2)c1F. The summed E-state index contributed by atoms with van der Waals surface area (Å²) in [5, 5.41) is 0. The van der Waals surface area contributed by atoms with Gasteiger partial charge in [-0.05, 0) is 19.4 Å². The molecule has 1 atom stereocenters. The van der Waals surface area contributed by atoms with Crippen LogP contribution in [-0.4, -0.2) is 34.1 Å². The molecule has 0 aliphatic carbocycles. The monoisotopic (exact) mass is 302 g/mol. The minimum atomic E-state index is -0.314. The summed E-state index contributed by atoms with van der Waals surface area (Å²) in [5.74, 6) is 0.898. The summed E-state index contributed by atoms with van der Waals surface area (Å²) in [6.45, 7) is 5.20. The van der Waals surface area contributed by atoms with E-state index in [2.05, 4.69) is 15.0 Å². The largest absolute Gasteiger partial charge is 0.488 e. The molecule has 0 amide bonds. The minimum absolute atomic E-state index is 0.0283. The Labute approximate surface area is 129 Å². The normalized spacial score (nSPS) is 17.8. The average Bonchev–Trinajstić information content (AvgIpc) is 2.98. The van der Waals surface area contributed by atoms with Crippen molar-refractivity contribution in [3.05, 3.63) is 41.9 Å². The molecule has 2 aromatic heterocycles. The van der Waals surface area contributed by atoms with Crippen molar-refractivity contribution in [1.82, 2.24) is 15.0 Å². The third kappa shape index (κ3) is 2.86. The van der Waals surface area contributed by atoms with Crippen molar-refractivity contribution in [1.29, 1.82) is 0 Å². The van der Waals surface area contributed by atoms with Crippen LogP contribution in [0.5, 0.6) is 5.75 Å². The third-order valence-electron chi connectivity index (χ3n) is 3.89. The summed E-state index contributed by atoms with van der Waals surface area (Å²) in [6.07, 6.45) is 6.35. The molecule has 22 heavy (non-hydrogen) atoms. The Bertz CT molecular complexity index is 664. The molecule has 3 heterocycles. The van der Waals surface area contributed by atoms with Crippen molar-refractivity contribution >= 4 is 5.82 Å². The maximum atomic E-state index is 14.3. The fourth-order valence-corrected chi connectivity index (χ4v) is 2.65. The zero-order chi connectivity index (χ0) is 15.5. The number of hydrogen-bond donors (Lipinski definition) is 0. The van der Waals surface area contributed by atoms with Crippen molar-refractivity contribution in [2.24, 2.45) is 0 Å². The van der Waals surface area contributed by atoms with Crippen molar-refractivity contribution in [2.75, 3.05) is 18.0 Å². The van der Waals surface area contributed by atoms with Crippen LogP contribution in [0.25, 0.3) is 0 Å². The molecule has 1 saturated heterocycles. The van der Waals surface area contributed by atoms with E-state index in [0.29, 0.717) is 24.5 Å². The number of ether oxygens (including phenoxy) is 1. The Morgan fingerprint density at radius 3 is 3.05 bits per heavy atom. The van der Waals surface area contributed by atoms with Gasteiger partial charge in [0.25, 0.3) is 0 Å². The zero-order valence-electron chi connectivity index (χ0n) is 12.8. The Morgan fingerprint density at radius 2 is 2.27 bits per heavy atom. The Hall–Kier alpha value is -2.24. The molecular formula is C16H19FN4O. The van der Waals surface area contributed by atoms with Crippen LogP contribution >= 0.6 is 0 Å². The van der Waals surface area contributed by atoms with Crippen LogP contribution in [0.1, 0.15) is 24.6 Å². The molecule has 1 aliphatic heterocycles. The highest BCUT2D eigenvalue weighted by molar-refractivity contribution is 5.42. The van der Waals surface area contributed by atoms with Crippen LogP contribution in [0.4, 0.5) is 10.2 Å².